The summed E-state index contributed by atoms with van der Waals surface area (Å²) in [4.78, 5) is 9.07. The Bertz CT molecular complexity index is 531. The number of rotatable bonds is 4. The fourth-order valence-corrected chi connectivity index (χ4v) is 2.16. The SMILES string of the molecule is COc1ccc(Sc2cc(NN)nc(N)n2)cc1. The van der Waals surface area contributed by atoms with Gasteiger partial charge in [0.15, 0.2) is 0 Å². The van der Waals surface area contributed by atoms with Gasteiger partial charge in [-0.05, 0) is 24.3 Å². The molecule has 0 atom stereocenters. The predicted molar refractivity (Wildman–Crippen MR) is 71.4 cm³/mol. The molecule has 0 aliphatic carbocycles. The molecule has 0 amide bonds. The van der Waals surface area contributed by atoms with Gasteiger partial charge in [0.1, 0.15) is 16.6 Å². The molecular formula is C11H13N5OS. The van der Waals surface area contributed by atoms with E-state index in [2.05, 4.69) is 15.4 Å². The molecule has 7 heteroatoms. The number of nitrogens with two attached hydrogens (primary N) is 2. The van der Waals surface area contributed by atoms with Crippen molar-refractivity contribution in [1.82, 2.24) is 9.97 Å². The quantitative estimate of drug-likeness (QED) is 0.436. The van der Waals surface area contributed by atoms with Crippen LogP contribution in [0.1, 0.15) is 0 Å². The first-order valence-electron chi connectivity index (χ1n) is 5.14. The minimum Gasteiger partial charge on any atom is -0.497 e. The maximum absolute atomic E-state index is 5.58. The van der Waals surface area contributed by atoms with Gasteiger partial charge in [-0.2, -0.15) is 4.98 Å². The molecule has 0 bridgehead atoms. The molecule has 2 aromatic rings. The van der Waals surface area contributed by atoms with Crippen molar-refractivity contribution in [3.05, 3.63) is 30.3 Å². The minimum absolute atomic E-state index is 0.182. The van der Waals surface area contributed by atoms with Gasteiger partial charge in [-0.1, -0.05) is 11.8 Å². The van der Waals surface area contributed by atoms with E-state index in [9.17, 15) is 0 Å². The number of ether oxygens (including phenoxy) is 1. The van der Waals surface area contributed by atoms with E-state index in [1.165, 1.54) is 11.8 Å². The van der Waals surface area contributed by atoms with Gasteiger partial charge in [-0.15, -0.1) is 0 Å². The molecule has 1 aromatic carbocycles. The molecule has 94 valence electrons. The first kappa shape index (κ1) is 12.5. The van der Waals surface area contributed by atoms with Crippen molar-refractivity contribution >= 4 is 23.5 Å². The van der Waals surface area contributed by atoms with E-state index in [4.69, 9.17) is 16.3 Å². The Labute approximate surface area is 109 Å². The average molecular weight is 263 g/mol. The summed E-state index contributed by atoms with van der Waals surface area (Å²) in [5.74, 6) is 6.77. The maximum Gasteiger partial charge on any atom is 0.223 e. The van der Waals surface area contributed by atoms with Crippen LogP contribution in [0.2, 0.25) is 0 Å². The Morgan fingerprint density at radius 1 is 1.22 bits per heavy atom. The normalized spacial score (nSPS) is 10.1. The lowest BCUT2D eigenvalue weighted by Crippen LogP contribution is -2.10. The summed E-state index contributed by atoms with van der Waals surface area (Å²) in [7, 11) is 1.63. The van der Waals surface area contributed by atoms with E-state index in [0.717, 1.165) is 15.7 Å². The topological polar surface area (TPSA) is 99.1 Å². The summed E-state index contributed by atoms with van der Waals surface area (Å²) in [6, 6.07) is 9.38. The molecule has 0 saturated carbocycles. The molecule has 0 aliphatic heterocycles. The van der Waals surface area contributed by atoms with Gasteiger partial charge in [0.25, 0.3) is 0 Å². The smallest absolute Gasteiger partial charge is 0.223 e. The molecule has 1 heterocycles. The summed E-state index contributed by atoms with van der Waals surface area (Å²) in [6.45, 7) is 0. The predicted octanol–water partition coefficient (Wildman–Crippen LogP) is 1.50. The van der Waals surface area contributed by atoms with Crippen LogP contribution in [-0.2, 0) is 0 Å². The number of nitrogens with one attached hydrogen (secondary N) is 1. The van der Waals surface area contributed by atoms with Gasteiger partial charge in [0.05, 0.1) is 7.11 Å². The van der Waals surface area contributed by atoms with Crippen molar-refractivity contribution in [2.45, 2.75) is 9.92 Å². The maximum atomic E-state index is 5.58. The van der Waals surface area contributed by atoms with Crippen molar-refractivity contribution in [1.29, 1.82) is 0 Å². The fraction of sp³-hybridized carbons (Fsp3) is 0.0909. The van der Waals surface area contributed by atoms with Crippen LogP contribution in [0.4, 0.5) is 11.8 Å². The largest absolute Gasteiger partial charge is 0.497 e. The summed E-state index contributed by atoms with van der Waals surface area (Å²) >= 11 is 1.47. The van der Waals surface area contributed by atoms with Crippen LogP contribution in [0.3, 0.4) is 0 Å². The third kappa shape index (κ3) is 3.02. The Morgan fingerprint density at radius 2 is 1.94 bits per heavy atom. The van der Waals surface area contributed by atoms with Gasteiger partial charge in [-0.25, -0.2) is 10.8 Å². The van der Waals surface area contributed by atoms with E-state index in [1.54, 1.807) is 13.2 Å². The second-order valence-electron chi connectivity index (χ2n) is 3.37. The Morgan fingerprint density at radius 3 is 2.56 bits per heavy atom. The Hall–Kier alpha value is -1.99. The van der Waals surface area contributed by atoms with E-state index >= 15 is 0 Å². The van der Waals surface area contributed by atoms with Crippen LogP contribution in [-0.4, -0.2) is 17.1 Å². The zero-order valence-electron chi connectivity index (χ0n) is 9.75. The molecule has 0 unspecified atom stereocenters. The summed E-state index contributed by atoms with van der Waals surface area (Å²) in [5.41, 5.74) is 8.03. The van der Waals surface area contributed by atoms with Crippen LogP contribution < -0.4 is 21.7 Å². The van der Waals surface area contributed by atoms with Crippen molar-refractivity contribution in [3.8, 4) is 5.75 Å². The highest BCUT2D eigenvalue weighted by molar-refractivity contribution is 7.99. The van der Waals surface area contributed by atoms with E-state index in [0.29, 0.717) is 5.82 Å². The number of nitrogens with zero attached hydrogens (tertiary/aromatic N) is 2. The van der Waals surface area contributed by atoms with Crippen molar-refractivity contribution in [2.75, 3.05) is 18.3 Å². The molecule has 5 N–H and O–H groups in total. The summed E-state index contributed by atoms with van der Waals surface area (Å²) < 4.78 is 5.09. The zero-order chi connectivity index (χ0) is 13.0. The van der Waals surface area contributed by atoms with Gasteiger partial charge >= 0.3 is 0 Å². The van der Waals surface area contributed by atoms with Crippen LogP contribution in [0, 0.1) is 0 Å². The van der Waals surface area contributed by atoms with Crippen molar-refractivity contribution in [3.63, 3.8) is 0 Å². The molecule has 18 heavy (non-hydrogen) atoms. The molecular weight excluding hydrogens is 250 g/mol. The molecule has 0 spiro atoms. The zero-order valence-corrected chi connectivity index (χ0v) is 10.6. The van der Waals surface area contributed by atoms with E-state index in [1.807, 2.05) is 24.3 Å². The van der Waals surface area contributed by atoms with Crippen LogP contribution >= 0.6 is 11.8 Å². The number of nitrogen functional groups attached to an aromatic ring is 2. The number of hydrogen-bond acceptors (Lipinski definition) is 7. The third-order valence-electron chi connectivity index (χ3n) is 2.15. The van der Waals surface area contributed by atoms with Crippen molar-refractivity contribution in [2.24, 2.45) is 5.84 Å². The number of hydrazine groups is 1. The molecule has 6 nitrogen and oxygen atoms in total. The Kier molecular flexibility index (Phi) is 3.85. The van der Waals surface area contributed by atoms with E-state index < -0.39 is 0 Å². The number of methoxy groups -OCH3 is 1. The fourth-order valence-electron chi connectivity index (χ4n) is 1.33. The molecule has 0 saturated heterocycles. The monoisotopic (exact) mass is 263 g/mol. The molecule has 0 fully saturated rings. The highest BCUT2D eigenvalue weighted by atomic mass is 32.2. The van der Waals surface area contributed by atoms with E-state index in [-0.39, 0.29) is 5.95 Å². The molecule has 0 radical (unpaired) electrons. The van der Waals surface area contributed by atoms with Gasteiger partial charge in [-0.3, -0.25) is 0 Å². The lowest BCUT2D eigenvalue weighted by atomic mass is 10.3. The second kappa shape index (κ2) is 5.56. The third-order valence-corrected chi connectivity index (χ3v) is 3.08. The number of anilines is 2. The first-order valence-corrected chi connectivity index (χ1v) is 5.96. The molecule has 0 aliphatic rings. The van der Waals surface area contributed by atoms with Crippen molar-refractivity contribution < 1.29 is 4.74 Å². The second-order valence-corrected chi connectivity index (χ2v) is 4.47. The van der Waals surface area contributed by atoms with Crippen LogP contribution in [0.25, 0.3) is 0 Å². The minimum atomic E-state index is 0.182. The summed E-state index contributed by atoms with van der Waals surface area (Å²) in [5, 5.41) is 0.723. The Balaban J connectivity index is 2.19. The van der Waals surface area contributed by atoms with Gasteiger partial charge in [0, 0.05) is 11.0 Å². The lowest BCUT2D eigenvalue weighted by molar-refractivity contribution is 0.414. The van der Waals surface area contributed by atoms with Gasteiger partial charge < -0.3 is 15.9 Å². The van der Waals surface area contributed by atoms with Gasteiger partial charge in [0.2, 0.25) is 5.95 Å². The first-order chi connectivity index (χ1) is 8.71. The standard InChI is InChI=1S/C11H13N5OS/c1-17-7-2-4-8(5-3-7)18-10-6-9(16-13)14-11(12)15-10/h2-6H,13H2,1H3,(H3,12,14,15,16). The highest BCUT2D eigenvalue weighted by Gasteiger charge is 2.04. The van der Waals surface area contributed by atoms with Crippen LogP contribution in [0.5, 0.6) is 5.75 Å². The number of hydrogen-bond donors (Lipinski definition) is 3. The average Bonchev–Trinajstić information content (AvgIpc) is 2.39. The number of aromatic nitrogens is 2. The highest BCUT2D eigenvalue weighted by Crippen LogP contribution is 2.28. The molecule has 2 rings (SSSR count). The number of benzene rings is 1. The lowest BCUT2D eigenvalue weighted by Gasteiger charge is -2.05. The molecule has 1 aromatic heterocycles. The van der Waals surface area contributed by atoms with Crippen LogP contribution in [0.15, 0.2) is 40.3 Å². The summed E-state index contributed by atoms with van der Waals surface area (Å²) in [6.07, 6.45) is 0.